The van der Waals surface area contributed by atoms with Gasteiger partial charge in [-0.1, -0.05) is 30.4 Å². The number of allylic oxidation sites excluding steroid dienone is 1. The third-order valence-electron chi connectivity index (χ3n) is 2.97. The van der Waals surface area contributed by atoms with Gasteiger partial charge in [0.05, 0.1) is 0 Å². The van der Waals surface area contributed by atoms with Crippen molar-refractivity contribution in [3.63, 3.8) is 0 Å². The molecule has 0 fully saturated rings. The van der Waals surface area contributed by atoms with Gasteiger partial charge in [0.1, 0.15) is 5.69 Å². The lowest BCUT2D eigenvalue weighted by Crippen LogP contribution is -2.32. The highest BCUT2D eigenvalue weighted by Crippen LogP contribution is 2.12. The van der Waals surface area contributed by atoms with Crippen molar-refractivity contribution in [1.82, 2.24) is 9.88 Å². The third-order valence-corrected chi connectivity index (χ3v) is 2.97. The van der Waals surface area contributed by atoms with Crippen molar-refractivity contribution in [2.75, 3.05) is 6.54 Å². The van der Waals surface area contributed by atoms with Crippen LogP contribution in [0.25, 0.3) is 10.8 Å². The second kappa shape index (κ2) is 6.02. The lowest BCUT2D eigenvalue weighted by Gasteiger charge is -2.12. The van der Waals surface area contributed by atoms with E-state index in [0.29, 0.717) is 24.2 Å². The lowest BCUT2D eigenvalue weighted by molar-refractivity contribution is 0.0948. The van der Waals surface area contributed by atoms with Crippen LogP contribution in [0.5, 0.6) is 0 Å². The smallest absolute Gasteiger partial charge is 0.268 e. The number of carbonyl (C=O) groups is 1. The summed E-state index contributed by atoms with van der Waals surface area (Å²) < 4.78 is 1.42. The second-order valence-electron chi connectivity index (χ2n) is 4.32. The van der Waals surface area contributed by atoms with Crippen molar-refractivity contribution in [3.05, 3.63) is 71.7 Å². The van der Waals surface area contributed by atoms with Crippen molar-refractivity contribution in [3.8, 4) is 0 Å². The number of carbonyl (C=O) groups excluding carboxylic acids is 1. The van der Waals surface area contributed by atoms with Gasteiger partial charge >= 0.3 is 0 Å². The normalized spacial score (nSPS) is 10.2. The standard InChI is InChI=1S/C16H16N2O2/c1-3-9-17-15(19)14-11-12-7-5-6-8-13(12)16(20)18(14)10-4-2/h3-8,11H,1-2,9-10H2,(H,17,19). The number of hydrogen-bond donors (Lipinski definition) is 1. The van der Waals surface area contributed by atoms with Gasteiger partial charge in [-0.05, 0) is 17.5 Å². The maximum absolute atomic E-state index is 12.4. The van der Waals surface area contributed by atoms with Crippen molar-refractivity contribution in [1.29, 1.82) is 0 Å². The molecule has 0 bridgehead atoms. The minimum atomic E-state index is -0.297. The van der Waals surface area contributed by atoms with E-state index in [9.17, 15) is 9.59 Å². The van der Waals surface area contributed by atoms with E-state index in [1.807, 2.05) is 12.1 Å². The van der Waals surface area contributed by atoms with Crippen LogP contribution in [0.4, 0.5) is 0 Å². The number of rotatable bonds is 5. The van der Waals surface area contributed by atoms with Crippen LogP contribution in [0.2, 0.25) is 0 Å². The predicted octanol–water partition coefficient (Wildman–Crippen LogP) is 2.10. The van der Waals surface area contributed by atoms with Gasteiger partial charge in [0.25, 0.3) is 11.5 Å². The summed E-state index contributed by atoms with van der Waals surface area (Å²) in [5.41, 5.74) is 0.141. The Bertz CT molecular complexity index is 729. The highest BCUT2D eigenvalue weighted by molar-refractivity contribution is 5.96. The highest BCUT2D eigenvalue weighted by atomic mass is 16.2. The topological polar surface area (TPSA) is 51.1 Å². The first-order valence-electron chi connectivity index (χ1n) is 6.31. The molecular formula is C16H16N2O2. The van der Waals surface area contributed by atoms with Crippen molar-refractivity contribution in [2.24, 2.45) is 0 Å². The zero-order chi connectivity index (χ0) is 14.5. The Morgan fingerprint density at radius 3 is 2.70 bits per heavy atom. The molecule has 0 radical (unpaired) electrons. The number of aromatic nitrogens is 1. The summed E-state index contributed by atoms with van der Waals surface area (Å²) >= 11 is 0. The van der Waals surface area contributed by atoms with Crippen LogP contribution in [0.1, 0.15) is 10.5 Å². The first-order valence-corrected chi connectivity index (χ1v) is 6.31. The van der Waals surface area contributed by atoms with E-state index in [4.69, 9.17) is 0 Å². The molecule has 1 amide bonds. The first kappa shape index (κ1) is 13.8. The average molecular weight is 268 g/mol. The maximum atomic E-state index is 12.4. The Kier molecular flexibility index (Phi) is 4.15. The minimum Gasteiger partial charge on any atom is -0.347 e. The van der Waals surface area contributed by atoms with E-state index in [2.05, 4.69) is 18.5 Å². The Morgan fingerprint density at radius 1 is 1.25 bits per heavy atom. The molecule has 4 nitrogen and oxygen atoms in total. The van der Waals surface area contributed by atoms with Crippen LogP contribution in [0.15, 0.2) is 60.4 Å². The quantitative estimate of drug-likeness (QED) is 0.844. The van der Waals surface area contributed by atoms with Gasteiger partial charge in [-0.25, -0.2) is 0 Å². The Labute approximate surface area is 117 Å². The molecule has 0 spiro atoms. The summed E-state index contributed by atoms with van der Waals surface area (Å²) in [5.74, 6) is -0.297. The van der Waals surface area contributed by atoms with Gasteiger partial charge in [0, 0.05) is 18.5 Å². The van der Waals surface area contributed by atoms with E-state index in [0.717, 1.165) is 5.39 Å². The summed E-state index contributed by atoms with van der Waals surface area (Å²) in [7, 11) is 0. The Morgan fingerprint density at radius 2 is 2.00 bits per heavy atom. The zero-order valence-electron chi connectivity index (χ0n) is 11.1. The maximum Gasteiger partial charge on any atom is 0.268 e. The molecule has 0 aliphatic rings. The fraction of sp³-hybridized carbons (Fsp3) is 0.125. The Balaban J connectivity index is 2.64. The molecule has 0 saturated heterocycles. The van der Waals surface area contributed by atoms with E-state index < -0.39 is 0 Å². The van der Waals surface area contributed by atoms with Crippen molar-refractivity contribution < 1.29 is 4.79 Å². The third kappa shape index (κ3) is 2.54. The fourth-order valence-corrected chi connectivity index (χ4v) is 2.05. The summed E-state index contributed by atoms with van der Waals surface area (Å²) in [5, 5.41) is 4.03. The molecule has 2 rings (SSSR count). The number of benzene rings is 1. The monoisotopic (exact) mass is 268 g/mol. The SMILES string of the molecule is C=CCNC(=O)c1cc2ccccc2c(=O)n1CC=C. The number of pyridine rings is 1. The Hall–Kier alpha value is -2.62. The molecule has 4 heteroatoms. The molecule has 0 unspecified atom stereocenters. The predicted molar refractivity (Wildman–Crippen MR) is 80.9 cm³/mol. The molecule has 0 aliphatic carbocycles. The second-order valence-corrected chi connectivity index (χ2v) is 4.32. The number of amides is 1. The number of fused-ring (bicyclic) bond motifs is 1. The van der Waals surface area contributed by atoms with Crippen molar-refractivity contribution in [2.45, 2.75) is 6.54 Å². The molecule has 20 heavy (non-hydrogen) atoms. The molecule has 1 heterocycles. The summed E-state index contributed by atoms with van der Waals surface area (Å²) in [6.45, 7) is 7.83. The van der Waals surface area contributed by atoms with Gasteiger partial charge in [0.15, 0.2) is 0 Å². The first-order chi connectivity index (χ1) is 9.69. The minimum absolute atomic E-state index is 0.188. The molecule has 1 aromatic carbocycles. The average Bonchev–Trinajstić information content (AvgIpc) is 2.47. The summed E-state index contributed by atoms with van der Waals surface area (Å²) in [6, 6.07) is 8.94. The zero-order valence-corrected chi connectivity index (χ0v) is 11.1. The molecule has 1 aromatic heterocycles. The number of nitrogens with one attached hydrogen (secondary N) is 1. The van der Waals surface area contributed by atoms with Crippen LogP contribution < -0.4 is 10.9 Å². The van der Waals surface area contributed by atoms with E-state index in [1.54, 1.807) is 30.4 Å². The van der Waals surface area contributed by atoms with E-state index in [-0.39, 0.29) is 11.5 Å². The van der Waals surface area contributed by atoms with Gasteiger partial charge in [-0.2, -0.15) is 0 Å². The molecule has 0 saturated carbocycles. The number of hydrogen-bond acceptors (Lipinski definition) is 2. The molecule has 0 aliphatic heterocycles. The van der Waals surface area contributed by atoms with Crippen molar-refractivity contribution >= 4 is 16.7 Å². The molecular weight excluding hydrogens is 252 g/mol. The van der Waals surface area contributed by atoms with Gasteiger partial charge in [0.2, 0.25) is 0 Å². The lowest BCUT2D eigenvalue weighted by atomic mass is 10.1. The van der Waals surface area contributed by atoms with Crippen LogP contribution >= 0.6 is 0 Å². The van der Waals surface area contributed by atoms with Crippen LogP contribution in [0, 0.1) is 0 Å². The van der Waals surface area contributed by atoms with Crippen LogP contribution in [-0.2, 0) is 6.54 Å². The summed E-state index contributed by atoms with van der Waals surface area (Å²) in [4.78, 5) is 24.6. The fourth-order valence-electron chi connectivity index (χ4n) is 2.05. The molecule has 102 valence electrons. The largest absolute Gasteiger partial charge is 0.347 e. The van der Waals surface area contributed by atoms with Gasteiger partial charge < -0.3 is 5.32 Å². The molecule has 1 N–H and O–H groups in total. The van der Waals surface area contributed by atoms with E-state index in [1.165, 1.54) is 4.57 Å². The van der Waals surface area contributed by atoms with Gasteiger partial charge in [-0.15, -0.1) is 13.2 Å². The summed E-state index contributed by atoms with van der Waals surface area (Å²) in [6.07, 6.45) is 3.19. The van der Waals surface area contributed by atoms with Crippen LogP contribution in [-0.4, -0.2) is 17.0 Å². The highest BCUT2D eigenvalue weighted by Gasteiger charge is 2.13. The van der Waals surface area contributed by atoms with Gasteiger partial charge in [-0.3, -0.25) is 14.2 Å². The number of nitrogens with zero attached hydrogens (tertiary/aromatic N) is 1. The van der Waals surface area contributed by atoms with E-state index >= 15 is 0 Å². The molecule has 0 atom stereocenters. The van der Waals surface area contributed by atoms with Crippen LogP contribution in [0.3, 0.4) is 0 Å². The molecule has 2 aromatic rings.